The Morgan fingerprint density at radius 3 is 2.24 bits per heavy atom. The molecule has 0 bridgehead atoms. The minimum atomic E-state index is -3.33. The molecule has 0 saturated heterocycles. The maximum absolute atomic E-state index is 12.2. The van der Waals surface area contributed by atoms with Crippen molar-refractivity contribution < 1.29 is 21.8 Å². The molecule has 0 spiro atoms. The smallest absolute Gasteiger partial charge is 0.311 e. The van der Waals surface area contributed by atoms with E-state index in [1.807, 2.05) is 0 Å². The van der Waals surface area contributed by atoms with E-state index < -0.39 is 10.0 Å². The van der Waals surface area contributed by atoms with E-state index in [2.05, 4.69) is 11.3 Å². The van der Waals surface area contributed by atoms with E-state index in [0.29, 0.717) is 13.1 Å². The SMILES string of the molecule is C=CCS(=O)(=O)[N+](CC)(CC)CCC(=O)OC. The van der Waals surface area contributed by atoms with Gasteiger partial charge in [0.25, 0.3) is 0 Å². The molecular weight excluding hydrogens is 242 g/mol. The number of ether oxygens (including phenoxy) is 1. The molecule has 0 rings (SSSR count). The van der Waals surface area contributed by atoms with Crippen molar-refractivity contribution >= 4 is 16.0 Å². The van der Waals surface area contributed by atoms with Crippen molar-refractivity contribution in [2.24, 2.45) is 0 Å². The number of hydrogen-bond donors (Lipinski definition) is 0. The van der Waals surface area contributed by atoms with Crippen LogP contribution in [0.4, 0.5) is 0 Å². The second-order valence-electron chi connectivity index (χ2n) is 3.78. The Bertz CT molecular complexity index is 358. The number of carbonyl (C=O) groups excluding carboxylic acids is 1. The second-order valence-corrected chi connectivity index (χ2v) is 6.05. The number of quaternary nitrogens is 1. The van der Waals surface area contributed by atoms with E-state index in [-0.39, 0.29) is 28.6 Å². The molecule has 100 valence electrons. The average Bonchev–Trinajstić information content (AvgIpc) is 2.30. The average molecular weight is 264 g/mol. The first-order valence-electron chi connectivity index (χ1n) is 5.65. The zero-order valence-electron chi connectivity index (χ0n) is 10.8. The summed E-state index contributed by atoms with van der Waals surface area (Å²) in [4.78, 5) is 11.1. The van der Waals surface area contributed by atoms with Crippen molar-refractivity contribution in [1.29, 1.82) is 0 Å². The third kappa shape index (κ3) is 3.81. The highest BCUT2D eigenvalue weighted by Gasteiger charge is 2.37. The number of methoxy groups -OCH3 is 1. The molecule has 5 nitrogen and oxygen atoms in total. The quantitative estimate of drug-likeness (QED) is 0.371. The summed E-state index contributed by atoms with van der Waals surface area (Å²) in [5.74, 6) is -0.459. The zero-order valence-corrected chi connectivity index (χ0v) is 11.6. The molecule has 6 heteroatoms. The Morgan fingerprint density at radius 1 is 1.35 bits per heavy atom. The highest BCUT2D eigenvalue weighted by Crippen LogP contribution is 2.17. The molecule has 0 radical (unpaired) electrons. The maximum Gasteiger partial charge on any atom is 0.311 e. The predicted octanol–water partition coefficient (Wildman–Crippen LogP) is 0.922. The largest absolute Gasteiger partial charge is 0.469 e. The zero-order chi connectivity index (χ0) is 13.5. The van der Waals surface area contributed by atoms with Crippen molar-refractivity contribution in [3.05, 3.63) is 12.7 Å². The van der Waals surface area contributed by atoms with E-state index in [4.69, 9.17) is 0 Å². The van der Waals surface area contributed by atoms with Gasteiger partial charge in [0.1, 0.15) is 12.3 Å². The van der Waals surface area contributed by atoms with Crippen molar-refractivity contribution in [2.75, 3.05) is 32.5 Å². The summed E-state index contributed by atoms with van der Waals surface area (Å²) in [5.41, 5.74) is 0. The summed E-state index contributed by atoms with van der Waals surface area (Å²) in [5, 5.41) is 0. The fraction of sp³-hybridized carbons (Fsp3) is 0.727. The Kier molecular flexibility index (Phi) is 6.41. The summed E-state index contributed by atoms with van der Waals surface area (Å²) in [6, 6.07) is 0. The molecule has 0 fully saturated rings. The fourth-order valence-electron chi connectivity index (χ4n) is 1.78. The fourth-order valence-corrected chi connectivity index (χ4v) is 3.55. The van der Waals surface area contributed by atoms with Crippen LogP contribution in [0.1, 0.15) is 20.3 Å². The van der Waals surface area contributed by atoms with Crippen LogP contribution < -0.4 is 0 Å². The number of hydrogen-bond acceptors (Lipinski definition) is 4. The Balaban J connectivity index is 5.02. The lowest BCUT2D eigenvalue weighted by atomic mass is 10.4. The van der Waals surface area contributed by atoms with Gasteiger partial charge in [0.05, 0.1) is 26.6 Å². The summed E-state index contributed by atoms with van der Waals surface area (Å²) < 4.78 is 28.8. The standard InChI is InChI=1S/C11H22NO4S/c1-5-10-17(14,15)12(6-2,7-3)9-8-11(13)16-4/h5H,1,6-10H2,2-4H3/q+1. The van der Waals surface area contributed by atoms with E-state index in [9.17, 15) is 13.2 Å². The van der Waals surface area contributed by atoms with Gasteiger partial charge in [-0.2, -0.15) is 8.42 Å². The molecule has 0 unspecified atom stereocenters. The summed E-state index contributed by atoms with van der Waals surface area (Å²) in [6.45, 7) is 8.19. The third-order valence-electron chi connectivity index (χ3n) is 3.02. The predicted molar refractivity (Wildman–Crippen MR) is 66.8 cm³/mol. The van der Waals surface area contributed by atoms with Gasteiger partial charge in [0.2, 0.25) is 0 Å². The molecule has 0 aromatic rings. The molecule has 0 amide bonds. The second kappa shape index (κ2) is 6.76. The van der Waals surface area contributed by atoms with Crippen LogP contribution in [0.25, 0.3) is 0 Å². The molecule has 0 aliphatic heterocycles. The lowest BCUT2D eigenvalue weighted by molar-refractivity contribution is -0.801. The topological polar surface area (TPSA) is 60.4 Å². The monoisotopic (exact) mass is 264 g/mol. The summed E-state index contributed by atoms with van der Waals surface area (Å²) in [6.07, 6.45) is 1.49. The van der Waals surface area contributed by atoms with E-state index in [1.54, 1.807) is 13.8 Å². The van der Waals surface area contributed by atoms with Crippen LogP contribution in [0.2, 0.25) is 0 Å². The lowest BCUT2D eigenvalue weighted by Gasteiger charge is -2.34. The van der Waals surface area contributed by atoms with Gasteiger partial charge in [-0.25, -0.2) is 3.89 Å². The van der Waals surface area contributed by atoms with Crippen LogP contribution in [0, 0.1) is 0 Å². The number of esters is 1. The lowest BCUT2D eigenvalue weighted by Crippen LogP contribution is -2.54. The van der Waals surface area contributed by atoms with Crippen LogP contribution in [0.3, 0.4) is 0 Å². The number of nitrogens with zero attached hydrogens (tertiary/aromatic N) is 1. The van der Waals surface area contributed by atoms with Crippen molar-refractivity contribution in [1.82, 2.24) is 0 Å². The van der Waals surface area contributed by atoms with Gasteiger partial charge in [-0.15, -0.1) is 6.58 Å². The molecule has 0 aliphatic carbocycles. The molecular formula is C11H22NO4S+. The van der Waals surface area contributed by atoms with Crippen LogP contribution >= 0.6 is 0 Å². The minimum Gasteiger partial charge on any atom is -0.469 e. The van der Waals surface area contributed by atoms with Crippen LogP contribution in [0.15, 0.2) is 12.7 Å². The molecule has 0 N–H and O–H groups in total. The van der Waals surface area contributed by atoms with Crippen LogP contribution in [0.5, 0.6) is 0 Å². The van der Waals surface area contributed by atoms with Crippen molar-refractivity contribution in [2.45, 2.75) is 20.3 Å². The molecule has 17 heavy (non-hydrogen) atoms. The van der Waals surface area contributed by atoms with Crippen LogP contribution in [-0.4, -0.2) is 50.8 Å². The molecule has 0 aromatic heterocycles. The summed E-state index contributed by atoms with van der Waals surface area (Å²) >= 11 is 0. The first-order valence-corrected chi connectivity index (χ1v) is 7.26. The highest BCUT2D eigenvalue weighted by molar-refractivity contribution is 7.86. The van der Waals surface area contributed by atoms with Crippen molar-refractivity contribution in [3.63, 3.8) is 0 Å². The third-order valence-corrected chi connectivity index (χ3v) is 5.56. The maximum atomic E-state index is 12.2. The van der Waals surface area contributed by atoms with E-state index >= 15 is 0 Å². The number of rotatable bonds is 8. The first kappa shape index (κ1) is 16.1. The molecule has 0 saturated carbocycles. The molecule has 0 atom stereocenters. The number of carbonyl (C=O) groups is 1. The van der Waals surface area contributed by atoms with Gasteiger partial charge in [-0.3, -0.25) is 4.79 Å². The van der Waals surface area contributed by atoms with Gasteiger partial charge in [-0.05, 0) is 13.8 Å². The summed E-state index contributed by atoms with van der Waals surface area (Å²) in [7, 11) is -2.03. The highest BCUT2D eigenvalue weighted by atomic mass is 32.2. The first-order chi connectivity index (χ1) is 7.89. The molecule has 0 aliphatic rings. The van der Waals surface area contributed by atoms with E-state index in [0.717, 1.165) is 0 Å². The number of sulfonamides is 1. The Hall–Kier alpha value is -0.880. The Morgan fingerprint density at radius 2 is 1.88 bits per heavy atom. The van der Waals surface area contributed by atoms with Gasteiger partial charge in [-0.1, -0.05) is 6.08 Å². The molecule has 0 aromatic carbocycles. The Labute approximate surface area is 104 Å². The van der Waals surface area contributed by atoms with Crippen molar-refractivity contribution in [3.8, 4) is 0 Å². The van der Waals surface area contributed by atoms with Gasteiger partial charge >= 0.3 is 16.0 Å². The minimum absolute atomic E-state index is 0.0736. The van der Waals surface area contributed by atoms with Gasteiger partial charge in [0, 0.05) is 0 Å². The van der Waals surface area contributed by atoms with Gasteiger partial charge in [0.15, 0.2) is 0 Å². The van der Waals surface area contributed by atoms with Gasteiger partial charge < -0.3 is 4.74 Å². The van der Waals surface area contributed by atoms with Crippen LogP contribution in [-0.2, 0) is 19.6 Å². The van der Waals surface area contributed by atoms with E-state index in [1.165, 1.54) is 13.2 Å². The normalized spacial score (nSPS) is 12.2. The molecule has 0 heterocycles.